The van der Waals surface area contributed by atoms with Gasteiger partial charge in [0.1, 0.15) is 0 Å². The summed E-state index contributed by atoms with van der Waals surface area (Å²) in [6.45, 7) is 0. The van der Waals surface area contributed by atoms with Gasteiger partial charge in [0.25, 0.3) is 0 Å². The summed E-state index contributed by atoms with van der Waals surface area (Å²) in [5.41, 5.74) is 2.94. The summed E-state index contributed by atoms with van der Waals surface area (Å²) >= 11 is 0. The molecule has 0 saturated carbocycles. The molecular weight excluding hydrogens is 356 g/mol. The molecule has 0 radical (unpaired) electrons. The zero-order valence-electron chi connectivity index (χ0n) is 16.7. The molecule has 0 saturated heterocycles. The molecule has 3 aromatic rings. The van der Waals surface area contributed by atoms with Crippen LogP contribution >= 0.6 is 0 Å². The lowest BCUT2D eigenvalue weighted by atomic mass is 10.1. The molecule has 0 unspecified atom stereocenters. The minimum absolute atomic E-state index is 0.538. The number of imidazole rings is 1. The molecule has 28 heavy (non-hydrogen) atoms. The summed E-state index contributed by atoms with van der Waals surface area (Å²) < 4.78 is 18.0. The Bertz CT molecular complexity index is 937. The van der Waals surface area contributed by atoms with Crippen molar-refractivity contribution in [2.24, 2.45) is 5.10 Å². The molecule has 7 nitrogen and oxygen atoms in total. The Morgan fingerprint density at radius 1 is 0.964 bits per heavy atom. The van der Waals surface area contributed by atoms with Crippen LogP contribution in [0.5, 0.6) is 17.2 Å². The van der Waals surface area contributed by atoms with E-state index >= 15 is 0 Å². The molecule has 146 valence electrons. The number of nitrogens with zero attached hydrogens (tertiary/aromatic N) is 4. The van der Waals surface area contributed by atoms with Crippen LogP contribution in [-0.2, 0) is 0 Å². The van der Waals surface area contributed by atoms with E-state index in [2.05, 4.69) is 27.1 Å². The van der Waals surface area contributed by atoms with Gasteiger partial charge in [-0.05, 0) is 29.8 Å². The van der Waals surface area contributed by atoms with E-state index in [0.717, 1.165) is 16.8 Å². The van der Waals surface area contributed by atoms with Crippen molar-refractivity contribution in [1.82, 2.24) is 9.66 Å². The number of rotatable bonds is 7. The first-order chi connectivity index (χ1) is 13.6. The van der Waals surface area contributed by atoms with E-state index in [1.807, 2.05) is 38.4 Å². The Kier molecular flexibility index (Phi) is 5.84. The minimum atomic E-state index is 0.538. The van der Waals surface area contributed by atoms with Gasteiger partial charge in [-0.15, -0.1) is 0 Å². The van der Waals surface area contributed by atoms with Gasteiger partial charge >= 0.3 is 0 Å². The lowest BCUT2D eigenvalue weighted by Gasteiger charge is -2.14. The normalized spacial score (nSPS) is 10.9. The average molecular weight is 380 g/mol. The van der Waals surface area contributed by atoms with Gasteiger partial charge in [-0.25, -0.2) is 9.66 Å². The average Bonchev–Trinajstić information content (AvgIpc) is 3.20. The minimum Gasteiger partial charge on any atom is -0.493 e. The van der Waals surface area contributed by atoms with Crippen molar-refractivity contribution < 1.29 is 14.2 Å². The van der Waals surface area contributed by atoms with E-state index in [0.29, 0.717) is 23.1 Å². The number of hydrogen-bond acceptors (Lipinski definition) is 6. The zero-order valence-corrected chi connectivity index (χ0v) is 16.7. The quantitative estimate of drug-likeness (QED) is 0.587. The molecule has 0 aliphatic heterocycles. The standard InChI is InChI=1S/C21H24N4O3/c1-24(2)17-8-6-15(7-9-17)14-23-25-11-10-22-21(25)16-12-18(26-3)20(28-5)19(13-16)27-4/h6-14H,1-5H3. The third-order valence-electron chi connectivity index (χ3n) is 4.29. The number of ether oxygens (including phenoxy) is 3. The van der Waals surface area contributed by atoms with E-state index in [-0.39, 0.29) is 0 Å². The fraction of sp³-hybridized carbons (Fsp3) is 0.238. The Balaban J connectivity index is 1.93. The summed E-state index contributed by atoms with van der Waals surface area (Å²) in [5.74, 6) is 2.33. The predicted molar refractivity (Wildman–Crippen MR) is 111 cm³/mol. The van der Waals surface area contributed by atoms with Crippen molar-refractivity contribution in [3.63, 3.8) is 0 Å². The zero-order chi connectivity index (χ0) is 20.1. The molecule has 0 atom stereocenters. The second-order valence-electron chi connectivity index (χ2n) is 6.24. The number of anilines is 1. The molecule has 7 heteroatoms. The van der Waals surface area contributed by atoms with Crippen molar-refractivity contribution in [1.29, 1.82) is 0 Å². The lowest BCUT2D eigenvalue weighted by molar-refractivity contribution is 0.324. The highest BCUT2D eigenvalue weighted by molar-refractivity contribution is 5.80. The van der Waals surface area contributed by atoms with Crippen LogP contribution in [0.1, 0.15) is 5.56 Å². The molecule has 1 aromatic heterocycles. The first-order valence-corrected chi connectivity index (χ1v) is 8.73. The fourth-order valence-electron chi connectivity index (χ4n) is 2.79. The van der Waals surface area contributed by atoms with Gasteiger partial charge in [0.15, 0.2) is 17.3 Å². The van der Waals surface area contributed by atoms with Crippen molar-refractivity contribution in [3.8, 4) is 28.6 Å². The van der Waals surface area contributed by atoms with Crippen molar-refractivity contribution in [3.05, 3.63) is 54.4 Å². The topological polar surface area (TPSA) is 61.1 Å². The summed E-state index contributed by atoms with van der Waals surface area (Å²) in [7, 11) is 8.77. The van der Waals surface area contributed by atoms with Gasteiger partial charge < -0.3 is 19.1 Å². The van der Waals surface area contributed by atoms with E-state index in [1.165, 1.54) is 0 Å². The van der Waals surface area contributed by atoms with E-state index < -0.39 is 0 Å². The second kappa shape index (κ2) is 8.47. The monoisotopic (exact) mass is 380 g/mol. The first kappa shape index (κ1) is 19.3. The van der Waals surface area contributed by atoms with Gasteiger partial charge in [0.2, 0.25) is 5.75 Å². The van der Waals surface area contributed by atoms with Gasteiger partial charge in [-0.3, -0.25) is 0 Å². The maximum absolute atomic E-state index is 5.43. The van der Waals surface area contributed by atoms with E-state index in [1.54, 1.807) is 44.6 Å². The van der Waals surface area contributed by atoms with Crippen LogP contribution in [0.3, 0.4) is 0 Å². The highest BCUT2D eigenvalue weighted by Crippen LogP contribution is 2.40. The molecule has 1 heterocycles. The summed E-state index contributed by atoms with van der Waals surface area (Å²) in [6, 6.07) is 11.8. The molecule has 0 spiro atoms. The number of aromatic nitrogens is 2. The summed E-state index contributed by atoms with van der Waals surface area (Å²) in [5, 5.41) is 4.54. The Morgan fingerprint density at radius 2 is 1.61 bits per heavy atom. The maximum Gasteiger partial charge on any atom is 0.203 e. The largest absolute Gasteiger partial charge is 0.493 e. The van der Waals surface area contributed by atoms with Crippen LogP contribution in [0.2, 0.25) is 0 Å². The van der Waals surface area contributed by atoms with Crippen LogP contribution in [0, 0.1) is 0 Å². The summed E-state index contributed by atoms with van der Waals surface area (Å²) in [6.07, 6.45) is 5.29. The van der Waals surface area contributed by atoms with Crippen molar-refractivity contribution in [2.45, 2.75) is 0 Å². The lowest BCUT2D eigenvalue weighted by Crippen LogP contribution is -2.08. The molecule has 0 aliphatic carbocycles. The molecule has 0 N–H and O–H groups in total. The number of hydrogen-bond donors (Lipinski definition) is 0. The van der Waals surface area contributed by atoms with Crippen LogP contribution < -0.4 is 19.1 Å². The first-order valence-electron chi connectivity index (χ1n) is 8.73. The van der Waals surface area contributed by atoms with Crippen LogP contribution in [-0.4, -0.2) is 51.3 Å². The van der Waals surface area contributed by atoms with Gasteiger partial charge in [-0.2, -0.15) is 5.10 Å². The molecular formula is C21H24N4O3. The second-order valence-corrected chi connectivity index (χ2v) is 6.24. The van der Waals surface area contributed by atoms with Crippen molar-refractivity contribution in [2.75, 3.05) is 40.3 Å². The Labute approximate surface area is 164 Å². The number of benzene rings is 2. The molecule has 3 rings (SSSR count). The predicted octanol–water partition coefficient (Wildman–Crippen LogP) is 3.52. The highest BCUT2D eigenvalue weighted by atomic mass is 16.5. The van der Waals surface area contributed by atoms with E-state index in [4.69, 9.17) is 14.2 Å². The molecule has 0 bridgehead atoms. The molecule has 0 amide bonds. The van der Waals surface area contributed by atoms with Gasteiger partial charge in [-0.1, -0.05) is 12.1 Å². The molecule has 0 aliphatic rings. The maximum atomic E-state index is 5.43. The Morgan fingerprint density at radius 3 is 2.14 bits per heavy atom. The highest BCUT2D eigenvalue weighted by Gasteiger charge is 2.16. The van der Waals surface area contributed by atoms with Gasteiger partial charge in [0.05, 0.1) is 27.5 Å². The van der Waals surface area contributed by atoms with Crippen LogP contribution in [0.25, 0.3) is 11.4 Å². The third kappa shape index (κ3) is 3.93. The Hall–Kier alpha value is -3.48. The fourth-order valence-corrected chi connectivity index (χ4v) is 2.79. The molecule has 0 fully saturated rings. The summed E-state index contributed by atoms with van der Waals surface area (Å²) in [4.78, 5) is 6.49. The van der Waals surface area contributed by atoms with Crippen molar-refractivity contribution >= 4 is 11.9 Å². The smallest absolute Gasteiger partial charge is 0.203 e. The van der Waals surface area contributed by atoms with Crippen LogP contribution in [0.15, 0.2) is 53.9 Å². The number of methoxy groups -OCH3 is 3. The van der Waals surface area contributed by atoms with Crippen LogP contribution in [0.4, 0.5) is 5.69 Å². The van der Waals surface area contributed by atoms with Gasteiger partial charge in [0, 0.05) is 37.7 Å². The SMILES string of the molecule is COc1cc(-c2nccn2N=Cc2ccc(N(C)C)cc2)cc(OC)c1OC. The third-order valence-corrected chi connectivity index (χ3v) is 4.29. The van der Waals surface area contributed by atoms with E-state index in [9.17, 15) is 0 Å². The molecule has 2 aromatic carbocycles.